The Kier molecular flexibility index (Phi) is 3.08. The molecular formula is C17H14N4O2. The number of methoxy groups -OCH3 is 1. The molecule has 0 spiro atoms. The number of hydrogen-bond acceptors (Lipinski definition) is 4. The van der Waals surface area contributed by atoms with Gasteiger partial charge in [-0.25, -0.2) is 4.98 Å². The molecule has 0 atom stereocenters. The van der Waals surface area contributed by atoms with Gasteiger partial charge in [0.2, 0.25) is 0 Å². The predicted molar refractivity (Wildman–Crippen MR) is 86.8 cm³/mol. The summed E-state index contributed by atoms with van der Waals surface area (Å²) < 4.78 is 8.69. The molecular weight excluding hydrogens is 292 g/mol. The van der Waals surface area contributed by atoms with Gasteiger partial charge in [-0.1, -0.05) is 12.1 Å². The normalized spacial score (nSPS) is 11.2. The molecule has 0 fully saturated rings. The lowest BCUT2D eigenvalue weighted by Crippen LogP contribution is -2.23. The van der Waals surface area contributed by atoms with E-state index in [-0.39, 0.29) is 5.56 Å². The van der Waals surface area contributed by atoms with E-state index < -0.39 is 0 Å². The maximum atomic E-state index is 12.8. The van der Waals surface area contributed by atoms with Crippen LogP contribution in [0.5, 0.6) is 5.75 Å². The number of imidazole rings is 1. The van der Waals surface area contributed by atoms with Gasteiger partial charge < -0.3 is 4.74 Å². The number of hydrogen-bond donors (Lipinski definition) is 0. The van der Waals surface area contributed by atoms with Crippen LogP contribution in [-0.4, -0.2) is 26.0 Å². The van der Waals surface area contributed by atoms with Gasteiger partial charge >= 0.3 is 0 Å². The summed E-state index contributed by atoms with van der Waals surface area (Å²) in [5.74, 6) is 0.791. The molecule has 4 aromatic rings. The molecule has 0 bridgehead atoms. The van der Waals surface area contributed by atoms with Gasteiger partial charge in [0.1, 0.15) is 11.3 Å². The average molecular weight is 306 g/mol. The Morgan fingerprint density at radius 1 is 1.00 bits per heavy atom. The van der Waals surface area contributed by atoms with Crippen molar-refractivity contribution in [3.63, 3.8) is 0 Å². The van der Waals surface area contributed by atoms with Gasteiger partial charge in [0.15, 0.2) is 0 Å². The van der Waals surface area contributed by atoms with Gasteiger partial charge in [0, 0.05) is 6.20 Å². The SMILES string of the molecule is COc1ccc(Cn2c(=O)c3cncn3c3ccncc32)cc1. The molecule has 23 heavy (non-hydrogen) atoms. The fourth-order valence-corrected chi connectivity index (χ4v) is 2.75. The molecule has 0 aliphatic heterocycles. The summed E-state index contributed by atoms with van der Waals surface area (Å²) in [6.07, 6.45) is 6.66. The van der Waals surface area contributed by atoms with Crippen LogP contribution in [0.1, 0.15) is 5.56 Å². The van der Waals surface area contributed by atoms with Crippen LogP contribution >= 0.6 is 0 Å². The van der Waals surface area contributed by atoms with Crippen LogP contribution in [-0.2, 0) is 6.54 Å². The zero-order valence-corrected chi connectivity index (χ0v) is 12.5. The molecule has 4 rings (SSSR count). The zero-order valence-electron chi connectivity index (χ0n) is 12.5. The molecule has 114 valence electrons. The summed E-state index contributed by atoms with van der Waals surface area (Å²) in [6.45, 7) is 0.465. The smallest absolute Gasteiger partial charge is 0.277 e. The van der Waals surface area contributed by atoms with Gasteiger partial charge in [-0.2, -0.15) is 0 Å². The molecule has 3 aromatic heterocycles. The maximum absolute atomic E-state index is 12.8. The van der Waals surface area contributed by atoms with Crippen molar-refractivity contribution in [1.82, 2.24) is 18.9 Å². The largest absolute Gasteiger partial charge is 0.497 e. The quantitative estimate of drug-likeness (QED) is 0.581. The average Bonchev–Trinajstić information content (AvgIpc) is 3.09. The first kappa shape index (κ1) is 13.5. The third kappa shape index (κ3) is 2.15. The monoisotopic (exact) mass is 306 g/mol. The lowest BCUT2D eigenvalue weighted by Gasteiger charge is -2.12. The molecule has 0 N–H and O–H groups in total. The van der Waals surface area contributed by atoms with Crippen LogP contribution in [0.25, 0.3) is 16.6 Å². The molecule has 0 saturated carbocycles. The second-order valence-electron chi connectivity index (χ2n) is 5.25. The highest BCUT2D eigenvalue weighted by molar-refractivity contribution is 5.77. The molecule has 0 saturated heterocycles. The fraction of sp³-hybridized carbons (Fsp3) is 0.118. The maximum Gasteiger partial charge on any atom is 0.277 e. The molecule has 1 aromatic carbocycles. The minimum atomic E-state index is -0.0844. The minimum Gasteiger partial charge on any atom is -0.497 e. The molecule has 0 aliphatic rings. The standard InChI is InChI=1S/C17H14N4O2/c1-23-13-4-2-12(3-5-13)10-20-15-8-18-7-6-14(15)21-11-19-9-16(21)17(20)22/h2-9,11H,10H2,1H3. The summed E-state index contributed by atoms with van der Waals surface area (Å²) in [5, 5.41) is 0. The fourth-order valence-electron chi connectivity index (χ4n) is 2.75. The number of benzene rings is 1. The lowest BCUT2D eigenvalue weighted by molar-refractivity contribution is 0.414. The highest BCUT2D eigenvalue weighted by Crippen LogP contribution is 2.16. The third-order valence-electron chi connectivity index (χ3n) is 3.93. The van der Waals surface area contributed by atoms with Crippen molar-refractivity contribution in [3.05, 3.63) is 71.2 Å². The van der Waals surface area contributed by atoms with E-state index in [9.17, 15) is 4.79 Å². The van der Waals surface area contributed by atoms with Crippen molar-refractivity contribution < 1.29 is 4.74 Å². The summed E-state index contributed by atoms with van der Waals surface area (Å²) in [6, 6.07) is 9.56. The van der Waals surface area contributed by atoms with Crippen molar-refractivity contribution >= 4 is 16.6 Å². The van der Waals surface area contributed by atoms with Crippen molar-refractivity contribution in [1.29, 1.82) is 0 Å². The summed E-state index contributed by atoms with van der Waals surface area (Å²) in [5.41, 5.74) is 3.16. The predicted octanol–water partition coefficient (Wildman–Crippen LogP) is 2.10. The van der Waals surface area contributed by atoms with Gasteiger partial charge in [-0.15, -0.1) is 0 Å². The first-order chi connectivity index (χ1) is 11.3. The number of fused-ring (bicyclic) bond motifs is 3. The Morgan fingerprint density at radius 3 is 2.57 bits per heavy atom. The lowest BCUT2D eigenvalue weighted by atomic mass is 10.2. The second kappa shape index (κ2) is 5.24. The zero-order chi connectivity index (χ0) is 15.8. The molecule has 6 nitrogen and oxygen atoms in total. The van der Waals surface area contributed by atoms with Crippen LogP contribution in [0.4, 0.5) is 0 Å². The second-order valence-corrected chi connectivity index (χ2v) is 5.25. The molecule has 0 unspecified atom stereocenters. The van der Waals surface area contributed by atoms with Crippen LogP contribution in [0, 0.1) is 0 Å². The Balaban J connectivity index is 1.93. The van der Waals surface area contributed by atoms with Crippen molar-refractivity contribution in [2.75, 3.05) is 7.11 Å². The van der Waals surface area contributed by atoms with Gasteiger partial charge in [-0.05, 0) is 23.8 Å². The van der Waals surface area contributed by atoms with Crippen LogP contribution in [0.3, 0.4) is 0 Å². The van der Waals surface area contributed by atoms with E-state index in [1.54, 1.807) is 41.0 Å². The van der Waals surface area contributed by atoms with Gasteiger partial charge in [-0.3, -0.25) is 18.7 Å². The summed E-state index contributed by atoms with van der Waals surface area (Å²) in [4.78, 5) is 21.0. The van der Waals surface area contributed by atoms with Crippen LogP contribution < -0.4 is 10.3 Å². The molecule has 6 heteroatoms. The van der Waals surface area contributed by atoms with Crippen LogP contribution in [0.15, 0.2) is 60.0 Å². The van der Waals surface area contributed by atoms with E-state index in [0.717, 1.165) is 22.3 Å². The number of rotatable bonds is 3. The van der Waals surface area contributed by atoms with E-state index in [0.29, 0.717) is 12.1 Å². The van der Waals surface area contributed by atoms with Crippen molar-refractivity contribution in [3.8, 4) is 5.75 Å². The van der Waals surface area contributed by atoms with E-state index in [2.05, 4.69) is 9.97 Å². The number of nitrogens with zero attached hydrogens (tertiary/aromatic N) is 4. The topological polar surface area (TPSA) is 61.4 Å². The number of ether oxygens (including phenoxy) is 1. The Morgan fingerprint density at radius 2 is 1.78 bits per heavy atom. The summed E-state index contributed by atoms with van der Waals surface area (Å²) >= 11 is 0. The minimum absolute atomic E-state index is 0.0844. The molecule has 0 radical (unpaired) electrons. The van der Waals surface area contributed by atoms with Gasteiger partial charge in [0.25, 0.3) is 5.56 Å². The Bertz CT molecular complexity index is 1050. The van der Waals surface area contributed by atoms with E-state index in [1.165, 1.54) is 0 Å². The van der Waals surface area contributed by atoms with Gasteiger partial charge in [0.05, 0.1) is 43.4 Å². The van der Waals surface area contributed by atoms with E-state index in [4.69, 9.17) is 4.74 Å². The number of pyridine rings is 1. The molecule has 0 aliphatic carbocycles. The highest BCUT2D eigenvalue weighted by Gasteiger charge is 2.11. The van der Waals surface area contributed by atoms with E-state index >= 15 is 0 Å². The van der Waals surface area contributed by atoms with Crippen LogP contribution in [0.2, 0.25) is 0 Å². The Labute approximate surface area is 131 Å². The summed E-state index contributed by atoms with van der Waals surface area (Å²) in [7, 11) is 1.63. The first-order valence-corrected chi connectivity index (χ1v) is 7.19. The molecule has 0 amide bonds. The highest BCUT2D eigenvalue weighted by atomic mass is 16.5. The third-order valence-corrected chi connectivity index (χ3v) is 3.93. The van der Waals surface area contributed by atoms with E-state index in [1.807, 2.05) is 30.3 Å². The van der Waals surface area contributed by atoms with Crippen molar-refractivity contribution in [2.24, 2.45) is 0 Å². The molecule has 3 heterocycles. The van der Waals surface area contributed by atoms with Crippen molar-refractivity contribution in [2.45, 2.75) is 6.54 Å². The Hall–Kier alpha value is -3.15. The number of aromatic nitrogens is 4. The first-order valence-electron chi connectivity index (χ1n) is 7.19.